The molecule has 1 aromatic rings. The minimum atomic E-state index is -0.120. The van der Waals surface area contributed by atoms with E-state index in [1.165, 1.54) is 6.42 Å². The van der Waals surface area contributed by atoms with Gasteiger partial charge in [0.1, 0.15) is 6.04 Å². The molecule has 0 spiro atoms. The molecule has 4 atom stereocenters. The predicted molar refractivity (Wildman–Crippen MR) is 91.3 cm³/mol. The van der Waals surface area contributed by atoms with Crippen molar-refractivity contribution in [2.75, 3.05) is 6.54 Å². The lowest BCUT2D eigenvalue weighted by molar-refractivity contribution is -0.134. The third kappa shape index (κ3) is 2.87. The molecule has 5 heteroatoms. The van der Waals surface area contributed by atoms with Crippen LogP contribution in [-0.2, 0) is 4.79 Å². The van der Waals surface area contributed by atoms with Gasteiger partial charge in [0.25, 0.3) is 0 Å². The fraction of sp³-hybridized carbons (Fsp3) is 0.579. The Hall–Kier alpha value is -1.72. The molecular weight excluding hydrogens is 302 g/mol. The van der Waals surface area contributed by atoms with Gasteiger partial charge in [-0.25, -0.2) is 5.43 Å². The predicted octanol–water partition coefficient (Wildman–Crippen LogP) is 1.90. The molecule has 0 radical (unpaired) electrons. The Balaban J connectivity index is 1.43. The Morgan fingerprint density at radius 2 is 1.88 bits per heavy atom. The molecule has 1 amide bonds. The quantitative estimate of drug-likeness (QED) is 0.829. The number of carbonyl (C=O) groups excluding carboxylic acids is 2. The number of nitrogens with one attached hydrogen (secondary N) is 2. The normalized spacial score (nSPS) is 32.1. The van der Waals surface area contributed by atoms with Crippen LogP contribution in [0.15, 0.2) is 30.3 Å². The van der Waals surface area contributed by atoms with E-state index in [0.29, 0.717) is 18.4 Å². The lowest BCUT2D eigenvalue weighted by Crippen LogP contribution is -2.49. The molecule has 0 aromatic heterocycles. The molecule has 5 nitrogen and oxygen atoms in total. The second-order valence-corrected chi connectivity index (χ2v) is 7.29. The molecule has 1 saturated carbocycles. The van der Waals surface area contributed by atoms with Crippen LogP contribution in [-0.4, -0.2) is 41.3 Å². The van der Waals surface area contributed by atoms with E-state index < -0.39 is 0 Å². The average Bonchev–Trinajstić information content (AvgIpc) is 3.31. The van der Waals surface area contributed by atoms with E-state index in [0.717, 1.165) is 37.8 Å². The van der Waals surface area contributed by atoms with E-state index in [4.69, 9.17) is 0 Å². The molecule has 3 aliphatic rings. The lowest BCUT2D eigenvalue weighted by Gasteiger charge is -2.28. The van der Waals surface area contributed by atoms with Crippen molar-refractivity contribution < 1.29 is 9.59 Å². The van der Waals surface area contributed by atoms with Crippen LogP contribution in [0.25, 0.3) is 0 Å². The van der Waals surface area contributed by atoms with Crippen LogP contribution in [0.4, 0.5) is 0 Å². The van der Waals surface area contributed by atoms with Gasteiger partial charge in [0.2, 0.25) is 5.91 Å². The molecule has 2 N–H and O–H groups in total. The summed E-state index contributed by atoms with van der Waals surface area (Å²) in [6.45, 7) is 0.779. The maximum absolute atomic E-state index is 13.0. The number of carbonyl (C=O) groups is 2. The number of benzene rings is 1. The second-order valence-electron chi connectivity index (χ2n) is 7.29. The number of Topliss-reactive ketones (excluding diaryl/α,β-unsaturated/α-hetero) is 1. The zero-order valence-corrected chi connectivity index (χ0v) is 13.9. The highest BCUT2D eigenvalue weighted by molar-refractivity contribution is 5.96. The van der Waals surface area contributed by atoms with Crippen LogP contribution in [0.3, 0.4) is 0 Å². The Labute approximate surface area is 142 Å². The van der Waals surface area contributed by atoms with Crippen molar-refractivity contribution in [1.82, 2.24) is 15.8 Å². The van der Waals surface area contributed by atoms with Crippen molar-refractivity contribution in [3.05, 3.63) is 35.9 Å². The van der Waals surface area contributed by atoms with Crippen LogP contribution in [0.1, 0.15) is 48.9 Å². The minimum Gasteiger partial charge on any atom is -0.338 e. The fourth-order valence-corrected chi connectivity index (χ4v) is 4.59. The summed E-state index contributed by atoms with van der Waals surface area (Å²) in [5.41, 5.74) is 7.25. The van der Waals surface area contributed by atoms with E-state index >= 15 is 0 Å². The molecule has 2 heterocycles. The third-order valence-electron chi connectivity index (χ3n) is 5.86. The van der Waals surface area contributed by atoms with Crippen LogP contribution < -0.4 is 10.9 Å². The molecule has 2 aliphatic heterocycles. The average molecular weight is 327 g/mol. The topological polar surface area (TPSA) is 61.4 Å². The number of hydrogen-bond acceptors (Lipinski definition) is 4. The van der Waals surface area contributed by atoms with E-state index in [-0.39, 0.29) is 23.8 Å². The third-order valence-corrected chi connectivity index (χ3v) is 5.86. The molecule has 4 unspecified atom stereocenters. The van der Waals surface area contributed by atoms with Crippen molar-refractivity contribution in [2.45, 2.75) is 56.7 Å². The van der Waals surface area contributed by atoms with Gasteiger partial charge in [-0.3, -0.25) is 15.0 Å². The number of hydrazine groups is 1. The summed E-state index contributed by atoms with van der Waals surface area (Å²) >= 11 is 0. The van der Waals surface area contributed by atoms with Crippen molar-refractivity contribution >= 4 is 11.7 Å². The summed E-state index contributed by atoms with van der Waals surface area (Å²) in [6, 6.07) is 9.77. The van der Waals surface area contributed by atoms with Crippen molar-refractivity contribution in [3.8, 4) is 0 Å². The lowest BCUT2D eigenvalue weighted by atomic mass is 9.95. The highest BCUT2D eigenvalue weighted by Crippen LogP contribution is 2.33. The number of hydrogen-bond donors (Lipinski definition) is 2. The van der Waals surface area contributed by atoms with Crippen LogP contribution in [0.2, 0.25) is 0 Å². The Kier molecular flexibility index (Phi) is 4.37. The standard InChI is InChI=1S/C19H25N3O2/c23-17(13-6-2-1-3-7-13)12-14-8-5-11-22(14)19(24)18-15-9-4-10-16(15)20-21-18/h1-3,6-7,14-16,18,20-21H,4-5,8-12H2. The van der Waals surface area contributed by atoms with Crippen LogP contribution in [0, 0.1) is 5.92 Å². The number of ketones is 1. The Bertz CT molecular complexity index is 618. The summed E-state index contributed by atoms with van der Waals surface area (Å²) in [7, 11) is 0. The Morgan fingerprint density at radius 3 is 2.71 bits per heavy atom. The summed E-state index contributed by atoms with van der Waals surface area (Å²) in [6.07, 6.45) is 5.82. The first kappa shape index (κ1) is 15.8. The first-order chi connectivity index (χ1) is 11.7. The molecule has 3 fully saturated rings. The monoisotopic (exact) mass is 327 g/mol. The van der Waals surface area contributed by atoms with E-state index in [1.54, 1.807) is 0 Å². The second kappa shape index (κ2) is 6.65. The van der Waals surface area contributed by atoms with Gasteiger partial charge < -0.3 is 4.90 Å². The largest absolute Gasteiger partial charge is 0.338 e. The SMILES string of the molecule is O=C(CC1CCCN1C(=O)C1NNC2CCCC21)c1ccccc1. The molecule has 24 heavy (non-hydrogen) atoms. The van der Waals surface area contributed by atoms with Gasteiger partial charge in [-0.05, 0) is 25.7 Å². The maximum Gasteiger partial charge on any atom is 0.241 e. The number of rotatable bonds is 4. The zero-order valence-electron chi connectivity index (χ0n) is 13.9. The van der Waals surface area contributed by atoms with Gasteiger partial charge in [0, 0.05) is 36.5 Å². The Morgan fingerprint density at radius 1 is 1.04 bits per heavy atom. The van der Waals surface area contributed by atoms with Crippen molar-refractivity contribution in [2.24, 2.45) is 5.92 Å². The van der Waals surface area contributed by atoms with Crippen molar-refractivity contribution in [1.29, 1.82) is 0 Å². The zero-order chi connectivity index (χ0) is 16.5. The number of nitrogens with zero attached hydrogens (tertiary/aromatic N) is 1. The van der Waals surface area contributed by atoms with Crippen molar-refractivity contribution in [3.63, 3.8) is 0 Å². The molecule has 0 bridgehead atoms. The van der Waals surface area contributed by atoms with E-state index in [1.807, 2.05) is 35.2 Å². The number of amides is 1. The van der Waals surface area contributed by atoms with E-state index in [2.05, 4.69) is 10.9 Å². The minimum absolute atomic E-state index is 0.0486. The van der Waals surface area contributed by atoms with Gasteiger partial charge in [-0.1, -0.05) is 36.8 Å². The molecule has 4 rings (SSSR count). The number of likely N-dealkylation sites (tertiary alicyclic amines) is 1. The summed E-state index contributed by atoms with van der Waals surface area (Å²) in [4.78, 5) is 27.5. The molecular formula is C19H25N3O2. The smallest absolute Gasteiger partial charge is 0.241 e. The van der Waals surface area contributed by atoms with E-state index in [9.17, 15) is 9.59 Å². The maximum atomic E-state index is 13.0. The van der Waals surface area contributed by atoms with Gasteiger partial charge in [-0.2, -0.15) is 0 Å². The van der Waals surface area contributed by atoms with Gasteiger partial charge >= 0.3 is 0 Å². The van der Waals surface area contributed by atoms with Gasteiger partial charge in [-0.15, -0.1) is 0 Å². The van der Waals surface area contributed by atoms with Crippen LogP contribution >= 0.6 is 0 Å². The highest BCUT2D eigenvalue weighted by atomic mass is 16.2. The summed E-state index contributed by atoms with van der Waals surface area (Å²) < 4.78 is 0. The molecule has 1 aromatic carbocycles. The molecule has 128 valence electrons. The first-order valence-corrected chi connectivity index (χ1v) is 9.14. The fourth-order valence-electron chi connectivity index (χ4n) is 4.59. The first-order valence-electron chi connectivity index (χ1n) is 9.14. The molecule has 1 aliphatic carbocycles. The van der Waals surface area contributed by atoms with Crippen LogP contribution in [0.5, 0.6) is 0 Å². The van der Waals surface area contributed by atoms with Gasteiger partial charge in [0.15, 0.2) is 5.78 Å². The summed E-state index contributed by atoms with van der Waals surface area (Å²) in [5.74, 6) is 0.723. The highest BCUT2D eigenvalue weighted by Gasteiger charge is 2.45. The summed E-state index contributed by atoms with van der Waals surface area (Å²) in [5, 5.41) is 0. The van der Waals surface area contributed by atoms with Gasteiger partial charge in [0.05, 0.1) is 0 Å². The molecule has 2 saturated heterocycles. The number of fused-ring (bicyclic) bond motifs is 1.